The minimum Gasteiger partial charge on any atom is -0.378 e. The Morgan fingerprint density at radius 1 is 0.612 bits per heavy atom. The molecule has 0 radical (unpaired) electrons. The molecule has 2 aliphatic heterocycles. The third kappa shape index (κ3) is 14.0. The molecule has 0 saturated heterocycles. The second-order valence-corrected chi connectivity index (χ2v) is 15.5. The first-order valence-electron chi connectivity index (χ1n) is 19.2. The van der Waals surface area contributed by atoms with Gasteiger partial charge in [0.15, 0.2) is 0 Å². The Kier molecular flexibility index (Phi) is 17.5. The van der Waals surface area contributed by atoms with E-state index in [-0.39, 0.29) is 13.2 Å². The van der Waals surface area contributed by atoms with Gasteiger partial charge in [0, 0.05) is 52.5 Å². The van der Waals surface area contributed by atoms with Crippen molar-refractivity contribution in [3.05, 3.63) is 70.8 Å². The van der Waals surface area contributed by atoms with E-state index in [2.05, 4.69) is 86.0 Å². The van der Waals surface area contributed by atoms with Crippen molar-refractivity contribution in [3.8, 4) is 0 Å². The molecule has 0 fully saturated rings. The molecular weight excluding hydrogens is 637 g/mol. The topological polar surface area (TPSA) is 77.5 Å². The summed E-state index contributed by atoms with van der Waals surface area (Å²) in [5.74, 6) is 0.909. The van der Waals surface area contributed by atoms with E-state index in [0.717, 1.165) is 77.5 Å². The van der Waals surface area contributed by atoms with Crippen molar-refractivity contribution in [2.24, 2.45) is 11.8 Å². The molecule has 4 rings (SSSR count). The number of benzene rings is 2. The summed E-state index contributed by atoms with van der Waals surface area (Å²) in [5, 5.41) is 0. The van der Waals surface area contributed by atoms with Gasteiger partial charge in [-0.15, -0.1) is 0 Å². The molecule has 0 amide bonds. The Morgan fingerprint density at radius 2 is 1.02 bits per heavy atom. The highest BCUT2D eigenvalue weighted by atomic mass is 32.3. The van der Waals surface area contributed by atoms with Crippen LogP contribution in [0.4, 0.5) is 0 Å². The quantitative estimate of drug-likeness (QED) is 0.111. The average Bonchev–Trinajstić information content (AvgIpc) is 3.10. The smallest absolute Gasteiger partial charge is 0.378 e. The maximum absolute atomic E-state index is 13.7. The van der Waals surface area contributed by atoms with Gasteiger partial charge in [-0.25, -0.2) is 8.37 Å². The summed E-state index contributed by atoms with van der Waals surface area (Å²) in [6.07, 6.45) is 9.44. The molecule has 2 aromatic carbocycles. The van der Waals surface area contributed by atoms with Gasteiger partial charge in [-0.3, -0.25) is 9.80 Å². The molecule has 2 aliphatic rings. The summed E-state index contributed by atoms with van der Waals surface area (Å²) in [6.45, 7) is 14.5. The van der Waals surface area contributed by atoms with E-state index in [1.165, 1.54) is 35.1 Å². The average molecular weight is 701 g/mol. The first-order chi connectivity index (χ1) is 23.8. The predicted octanol–water partition coefficient (Wildman–Crippen LogP) is 7.58. The zero-order chi connectivity index (χ0) is 34.9. The van der Waals surface area contributed by atoms with Gasteiger partial charge >= 0.3 is 10.4 Å². The Bertz CT molecular complexity index is 1230. The third-order valence-electron chi connectivity index (χ3n) is 10.3. The molecule has 276 valence electrons. The van der Waals surface area contributed by atoms with Gasteiger partial charge in [-0.1, -0.05) is 115 Å². The van der Waals surface area contributed by atoms with Crippen LogP contribution in [-0.2, 0) is 54.2 Å². The fourth-order valence-corrected chi connectivity index (χ4v) is 8.05. The molecule has 4 atom stereocenters. The van der Waals surface area contributed by atoms with E-state index in [1.54, 1.807) is 0 Å². The van der Waals surface area contributed by atoms with Crippen LogP contribution in [0, 0.1) is 11.8 Å². The minimum atomic E-state index is -4.36. The highest BCUT2D eigenvalue weighted by Gasteiger charge is 2.30. The van der Waals surface area contributed by atoms with Crippen LogP contribution in [0.25, 0.3) is 0 Å². The van der Waals surface area contributed by atoms with Crippen LogP contribution in [0.3, 0.4) is 0 Å². The monoisotopic (exact) mass is 700 g/mol. The van der Waals surface area contributed by atoms with Gasteiger partial charge in [-0.05, 0) is 59.8 Å². The molecular formula is C40H64N2O6S. The Morgan fingerprint density at radius 3 is 1.41 bits per heavy atom. The number of unbranched alkanes of at least 4 members (excludes halogenated alkanes) is 2. The number of rotatable bonds is 24. The van der Waals surface area contributed by atoms with Crippen LogP contribution >= 0.6 is 0 Å². The lowest BCUT2D eigenvalue weighted by molar-refractivity contribution is -0.0129. The molecule has 2 aromatic rings. The number of hydrogen-bond donors (Lipinski definition) is 0. The number of fused-ring (bicyclic) bond motifs is 2. The summed E-state index contributed by atoms with van der Waals surface area (Å²) >= 11 is 0. The Balaban J connectivity index is 1.43. The molecule has 49 heavy (non-hydrogen) atoms. The lowest BCUT2D eigenvalue weighted by Gasteiger charge is -2.33. The summed E-state index contributed by atoms with van der Waals surface area (Å²) < 4.78 is 51.7. The van der Waals surface area contributed by atoms with Crippen LogP contribution in [0.2, 0.25) is 0 Å². The highest BCUT2D eigenvalue weighted by Crippen LogP contribution is 2.23. The lowest BCUT2D eigenvalue weighted by atomic mass is 10.00. The largest absolute Gasteiger partial charge is 0.400 e. The second-order valence-electron chi connectivity index (χ2n) is 14.3. The first-order valence-corrected chi connectivity index (χ1v) is 20.5. The minimum absolute atomic E-state index is 0.197. The van der Waals surface area contributed by atoms with E-state index in [1.807, 2.05) is 0 Å². The van der Waals surface area contributed by atoms with Gasteiger partial charge in [0.05, 0.1) is 13.2 Å². The molecule has 8 nitrogen and oxygen atoms in total. The zero-order valence-corrected chi connectivity index (χ0v) is 31.6. The molecule has 0 N–H and O–H groups in total. The van der Waals surface area contributed by atoms with Crippen molar-refractivity contribution in [1.29, 1.82) is 0 Å². The van der Waals surface area contributed by atoms with Crippen molar-refractivity contribution in [2.75, 3.05) is 52.6 Å². The Hall–Kier alpha value is -1.85. The SMILES string of the molecule is CCCCC(CC)COCC(CN1CCc2ccccc2C1)OS(=O)(=O)OC(COCC(CC)CCCC)CN1CCc2ccccc2C1. The molecule has 0 spiro atoms. The molecule has 0 aliphatic carbocycles. The van der Waals surface area contributed by atoms with Crippen LogP contribution < -0.4 is 0 Å². The number of nitrogens with zero attached hydrogens (tertiary/aromatic N) is 2. The van der Waals surface area contributed by atoms with Gasteiger partial charge in [0.25, 0.3) is 0 Å². The standard InChI is InChI=1S/C40H64N2O6S/c1-5-9-15-33(7-3)29-45-31-39(27-41-23-21-35-17-11-13-19-37(35)25-41)47-49(43,44)48-40(32-46-30-34(8-4)16-10-6-2)28-42-24-22-36-18-12-14-20-38(36)26-42/h11-14,17-20,33-34,39-40H,5-10,15-16,21-32H2,1-4H3. The fourth-order valence-electron chi connectivity index (χ4n) is 7.10. The summed E-state index contributed by atoms with van der Waals surface area (Å²) in [6, 6.07) is 17.0. The van der Waals surface area contributed by atoms with Crippen molar-refractivity contribution in [2.45, 2.75) is 117 Å². The van der Waals surface area contributed by atoms with Crippen LogP contribution in [0.5, 0.6) is 0 Å². The molecule has 0 bridgehead atoms. The molecule has 4 unspecified atom stereocenters. The summed E-state index contributed by atoms with van der Waals surface area (Å²) in [5.41, 5.74) is 5.27. The van der Waals surface area contributed by atoms with Crippen LogP contribution in [-0.4, -0.2) is 83.0 Å². The second kappa shape index (κ2) is 21.5. The normalized spacial score (nSPS) is 18.0. The van der Waals surface area contributed by atoms with E-state index in [0.29, 0.717) is 38.1 Å². The molecule has 2 heterocycles. The maximum atomic E-state index is 13.7. The van der Waals surface area contributed by atoms with E-state index >= 15 is 0 Å². The lowest BCUT2D eigenvalue weighted by Crippen LogP contribution is -2.43. The van der Waals surface area contributed by atoms with Crippen molar-refractivity contribution in [3.63, 3.8) is 0 Å². The van der Waals surface area contributed by atoms with E-state index in [4.69, 9.17) is 17.8 Å². The van der Waals surface area contributed by atoms with Gasteiger partial charge in [0.2, 0.25) is 0 Å². The van der Waals surface area contributed by atoms with Crippen molar-refractivity contribution in [1.82, 2.24) is 9.80 Å². The Labute approximate surface area is 298 Å². The van der Waals surface area contributed by atoms with Gasteiger partial charge in [-0.2, -0.15) is 8.42 Å². The predicted molar refractivity (Wildman–Crippen MR) is 198 cm³/mol. The van der Waals surface area contributed by atoms with Gasteiger partial charge in [0.1, 0.15) is 12.2 Å². The molecule has 0 aromatic heterocycles. The summed E-state index contributed by atoms with van der Waals surface area (Å²) in [4.78, 5) is 4.54. The van der Waals surface area contributed by atoms with E-state index in [9.17, 15) is 8.42 Å². The van der Waals surface area contributed by atoms with E-state index < -0.39 is 22.6 Å². The number of ether oxygens (including phenoxy) is 2. The van der Waals surface area contributed by atoms with Crippen molar-refractivity contribution >= 4 is 10.4 Å². The van der Waals surface area contributed by atoms with Gasteiger partial charge < -0.3 is 9.47 Å². The fraction of sp³-hybridized carbons (Fsp3) is 0.700. The third-order valence-corrected chi connectivity index (χ3v) is 11.3. The number of hydrogen-bond acceptors (Lipinski definition) is 8. The molecule has 9 heteroatoms. The maximum Gasteiger partial charge on any atom is 0.400 e. The van der Waals surface area contributed by atoms with Crippen molar-refractivity contribution < 1.29 is 26.3 Å². The molecule has 0 saturated carbocycles. The first kappa shape index (κ1) is 39.9. The van der Waals surface area contributed by atoms with Crippen LogP contribution in [0.15, 0.2) is 48.5 Å². The highest BCUT2D eigenvalue weighted by molar-refractivity contribution is 7.81. The zero-order valence-electron chi connectivity index (χ0n) is 30.8. The summed E-state index contributed by atoms with van der Waals surface area (Å²) in [7, 11) is -4.36. The van der Waals surface area contributed by atoms with Crippen LogP contribution in [0.1, 0.15) is 101 Å².